The molecule has 2 rings (SSSR count). The quantitative estimate of drug-likeness (QED) is 0.496. The Hall–Kier alpha value is -1.79. The number of sulfonamides is 1. The van der Waals surface area contributed by atoms with Crippen LogP contribution >= 0.6 is 11.8 Å². The molecule has 0 radical (unpaired) electrons. The molecule has 6 heteroatoms. The van der Waals surface area contributed by atoms with Crippen molar-refractivity contribution in [2.24, 2.45) is 5.10 Å². The fraction of sp³-hybridized carbons (Fsp3) is 0.278. The zero-order chi connectivity index (χ0) is 17.8. The topological polar surface area (TPSA) is 58.5 Å². The molecule has 128 valence electrons. The van der Waals surface area contributed by atoms with E-state index in [4.69, 9.17) is 0 Å². The van der Waals surface area contributed by atoms with E-state index in [-0.39, 0.29) is 10.3 Å². The predicted octanol–water partition coefficient (Wildman–Crippen LogP) is 4.02. The molecule has 4 nitrogen and oxygen atoms in total. The van der Waals surface area contributed by atoms with E-state index in [1.165, 1.54) is 6.21 Å². The summed E-state index contributed by atoms with van der Waals surface area (Å²) in [5.41, 5.74) is 1.90. The van der Waals surface area contributed by atoms with Crippen LogP contribution in [0, 0.1) is 0 Å². The number of hydrogen-bond donors (Lipinski definition) is 1. The van der Waals surface area contributed by atoms with Crippen molar-refractivity contribution in [2.45, 2.75) is 36.0 Å². The maximum atomic E-state index is 12.3. The lowest BCUT2D eigenvalue weighted by Gasteiger charge is -2.19. The molecule has 24 heavy (non-hydrogen) atoms. The first-order chi connectivity index (χ1) is 11.2. The van der Waals surface area contributed by atoms with Crippen LogP contribution in [-0.4, -0.2) is 20.9 Å². The number of hydrogen-bond acceptors (Lipinski definition) is 4. The first-order valence-corrected chi connectivity index (χ1v) is 10.2. The minimum atomic E-state index is -3.66. The van der Waals surface area contributed by atoms with Gasteiger partial charge in [0.1, 0.15) is 0 Å². The van der Waals surface area contributed by atoms with Crippen LogP contribution in [0.25, 0.3) is 0 Å². The molecule has 1 N–H and O–H groups in total. The van der Waals surface area contributed by atoms with E-state index in [0.29, 0.717) is 0 Å². The highest BCUT2D eigenvalue weighted by atomic mass is 32.2. The zero-order valence-electron chi connectivity index (χ0n) is 14.3. The van der Waals surface area contributed by atoms with Crippen molar-refractivity contribution in [1.82, 2.24) is 4.83 Å². The summed E-state index contributed by atoms with van der Waals surface area (Å²) in [5, 5.41) is 3.85. The molecule has 0 atom stereocenters. The minimum absolute atomic E-state index is 0.0171. The standard InChI is InChI=1S/C18H22N2O2S2/c1-18(2,3)15-7-11-17(12-8-15)24(21,22)20-19-13-14-5-9-16(23-4)10-6-14/h5-13,20H,1-4H3/b19-13+. The molecule has 0 fully saturated rings. The lowest BCUT2D eigenvalue weighted by atomic mass is 9.87. The Morgan fingerprint density at radius 2 is 1.58 bits per heavy atom. The molecule has 2 aromatic rings. The number of rotatable bonds is 5. The predicted molar refractivity (Wildman–Crippen MR) is 101 cm³/mol. The molecule has 0 aromatic heterocycles. The van der Waals surface area contributed by atoms with Gasteiger partial charge in [0.25, 0.3) is 10.0 Å². The molecule has 0 bridgehead atoms. The van der Waals surface area contributed by atoms with Gasteiger partial charge >= 0.3 is 0 Å². The second-order valence-electron chi connectivity index (χ2n) is 6.40. The summed E-state index contributed by atoms with van der Waals surface area (Å²) >= 11 is 1.65. The van der Waals surface area contributed by atoms with E-state index < -0.39 is 10.0 Å². The van der Waals surface area contributed by atoms with Crippen LogP contribution in [0.4, 0.5) is 0 Å². The second-order valence-corrected chi connectivity index (χ2v) is 8.94. The van der Waals surface area contributed by atoms with E-state index in [9.17, 15) is 8.42 Å². The number of nitrogens with one attached hydrogen (secondary N) is 1. The smallest absolute Gasteiger partial charge is 0.200 e. The lowest BCUT2D eigenvalue weighted by Crippen LogP contribution is -2.19. The summed E-state index contributed by atoms with van der Waals surface area (Å²) in [6.07, 6.45) is 3.49. The fourth-order valence-corrected chi connectivity index (χ4v) is 3.25. The van der Waals surface area contributed by atoms with Gasteiger partial charge < -0.3 is 0 Å². The second kappa shape index (κ2) is 7.40. The van der Waals surface area contributed by atoms with Crippen molar-refractivity contribution in [2.75, 3.05) is 6.26 Å². The van der Waals surface area contributed by atoms with Gasteiger partial charge in [0.15, 0.2) is 0 Å². The summed E-state index contributed by atoms with van der Waals surface area (Å²) in [4.78, 5) is 3.59. The average molecular weight is 363 g/mol. The molecular formula is C18H22N2O2S2. The van der Waals surface area contributed by atoms with E-state index in [1.807, 2.05) is 42.7 Å². The Morgan fingerprint density at radius 1 is 1.00 bits per heavy atom. The van der Waals surface area contributed by atoms with Gasteiger partial charge in [-0.3, -0.25) is 0 Å². The van der Waals surface area contributed by atoms with Crippen LogP contribution in [-0.2, 0) is 15.4 Å². The molecule has 0 aliphatic heterocycles. The first-order valence-electron chi connectivity index (χ1n) is 7.52. The molecule has 0 saturated carbocycles. The van der Waals surface area contributed by atoms with E-state index >= 15 is 0 Å². The first kappa shape index (κ1) is 18.5. The minimum Gasteiger partial charge on any atom is -0.200 e. The van der Waals surface area contributed by atoms with E-state index in [1.54, 1.807) is 23.9 Å². The van der Waals surface area contributed by atoms with Crippen LogP contribution < -0.4 is 4.83 Å². The van der Waals surface area contributed by atoms with Gasteiger partial charge in [0.2, 0.25) is 0 Å². The van der Waals surface area contributed by atoms with Crippen LogP contribution in [0.3, 0.4) is 0 Å². The Labute approximate surface area is 148 Å². The number of hydrazone groups is 1. The highest BCUT2D eigenvalue weighted by Crippen LogP contribution is 2.23. The Bertz CT molecular complexity index is 804. The van der Waals surface area contributed by atoms with Gasteiger partial charge in [0.05, 0.1) is 11.1 Å². The Balaban J connectivity index is 2.08. The van der Waals surface area contributed by atoms with Crippen LogP contribution in [0.1, 0.15) is 31.9 Å². The molecule has 0 unspecified atom stereocenters. The molecule has 2 aromatic carbocycles. The highest BCUT2D eigenvalue weighted by Gasteiger charge is 2.16. The van der Waals surface area contributed by atoms with Gasteiger partial charge in [-0.1, -0.05) is 45.0 Å². The van der Waals surface area contributed by atoms with Gasteiger partial charge in [-0.2, -0.15) is 13.5 Å². The third-order valence-corrected chi connectivity index (χ3v) is 5.52. The summed E-state index contributed by atoms with van der Waals surface area (Å²) in [5.74, 6) is 0. The van der Waals surface area contributed by atoms with Crippen molar-refractivity contribution in [3.8, 4) is 0 Å². The third kappa shape index (κ3) is 4.85. The third-order valence-electron chi connectivity index (χ3n) is 3.53. The molecule has 0 aliphatic carbocycles. The van der Waals surface area contributed by atoms with Gasteiger partial charge in [0, 0.05) is 4.90 Å². The number of thioether (sulfide) groups is 1. The molecule has 0 saturated heterocycles. The Morgan fingerprint density at radius 3 is 2.08 bits per heavy atom. The number of benzene rings is 2. The normalized spacial score (nSPS) is 12.5. The van der Waals surface area contributed by atoms with Crippen molar-refractivity contribution in [3.05, 3.63) is 59.7 Å². The van der Waals surface area contributed by atoms with Gasteiger partial charge in [-0.15, -0.1) is 11.8 Å². The SMILES string of the molecule is CSc1ccc(/C=N/NS(=O)(=O)c2ccc(C(C)(C)C)cc2)cc1. The molecule has 0 aliphatic rings. The maximum Gasteiger partial charge on any atom is 0.276 e. The van der Waals surface area contributed by atoms with Crippen LogP contribution in [0.5, 0.6) is 0 Å². The molecular weight excluding hydrogens is 340 g/mol. The number of nitrogens with zero attached hydrogens (tertiary/aromatic N) is 1. The summed E-state index contributed by atoms with van der Waals surface area (Å²) in [7, 11) is -3.66. The van der Waals surface area contributed by atoms with Crippen molar-refractivity contribution < 1.29 is 8.42 Å². The maximum absolute atomic E-state index is 12.3. The molecule has 0 amide bonds. The molecule has 0 heterocycles. The monoisotopic (exact) mass is 362 g/mol. The summed E-state index contributed by atoms with van der Waals surface area (Å²) < 4.78 is 24.5. The Kier molecular flexibility index (Phi) is 5.72. The van der Waals surface area contributed by atoms with Gasteiger partial charge in [-0.05, 0) is 47.1 Å². The average Bonchev–Trinajstić information content (AvgIpc) is 2.55. The zero-order valence-corrected chi connectivity index (χ0v) is 15.9. The fourth-order valence-electron chi connectivity index (χ4n) is 2.05. The molecule has 0 spiro atoms. The van der Waals surface area contributed by atoms with Gasteiger partial charge in [-0.25, -0.2) is 4.83 Å². The van der Waals surface area contributed by atoms with Crippen molar-refractivity contribution >= 4 is 28.0 Å². The van der Waals surface area contributed by atoms with Crippen LogP contribution in [0.2, 0.25) is 0 Å². The van der Waals surface area contributed by atoms with E-state index in [2.05, 4.69) is 30.7 Å². The van der Waals surface area contributed by atoms with E-state index in [0.717, 1.165) is 16.0 Å². The van der Waals surface area contributed by atoms with Crippen LogP contribution in [0.15, 0.2) is 63.4 Å². The van der Waals surface area contributed by atoms with Crippen molar-refractivity contribution in [1.29, 1.82) is 0 Å². The lowest BCUT2D eigenvalue weighted by molar-refractivity contribution is 0.580. The van der Waals surface area contributed by atoms with Crippen molar-refractivity contribution in [3.63, 3.8) is 0 Å². The highest BCUT2D eigenvalue weighted by molar-refractivity contribution is 7.98. The summed E-state index contributed by atoms with van der Waals surface area (Å²) in [6.45, 7) is 6.25. The largest absolute Gasteiger partial charge is 0.276 e. The summed E-state index contributed by atoms with van der Waals surface area (Å²) in [6, 6.07) is 14.6.